The normalized spacial score (nSPS) is 12.2. The van der Waals surface area contributed by atoms with Gasteiger partial charge in [-0.05, 0) is 64.8 Å². The highest BCUT2D eigenvalue weighted by atomic mass is 16.5. The number of rotatable bonds is 22. The lowest BCUT2D eigenvalue weighted by Crippen LogP contribution is -2.41. The summed E-state index contributed by atoms with van der Waals surface area (Å²) in [5.41, 5.74) is 5.51. The molecule has 0 spiro atoms. The molecule has 0 heterocycles. The molecule has 0 saturated heterocycles. The molecule has 31 heavy (non-hydrogen) atoms. The van der Waals surface area contributed by atoms with Crippen LogP contribution in [0.5, 0.6) is 0 Å². The Labute approximate surface area is 191 Å². The molecule has 0 aromatic rings. The Bertz CT molecular complexity index is 452. The Morgan fingerprint density at radius 1 is 0.806 bits per heavy atom. The lowest BCUT2D eigenvalue weighted by Gasteiger charge is -2.17. The maximum atomic E-state index is 12.2. The predicted octanol–water partition coefficient (Wildman–Crippen LogP) is 6.20. The summed E-state index contributed by atoms with van der Waals surface area (Å²) in [5, 5.41) is 2.85. The van der Waals surface area contributed by atoms with Gasteiger partial charge in [-0.15, -0.1) is 0 Å². The van der Waals surface area contributed by atoms with Crippen molar-refractivity contribution >= 4 is 11.9 Å². The second kappa shape index (κ2) is 23.3. The fraction of sp³-hybridized carbons (Fsp3) is 0.846. The van der Waals surface area contributed by atoms with Gasteiger partial charge in [0.15, 0.2) is 0 Å². The minimum atomic E-state index is -0.540. The number of nitrogens with one attached hydrogen (secondary N) is 1. The molecule has 0 radical (unpaired) electrons. The van der Waals surface area contributed by atoms with E-state index in [1.54, 1.807) is 6.92 Å². The quantitative estimate of drug-likeness (QED) is 0.120. The van der Waals surface area contributed by atoms with E-state index in [-0.39, 0.29) is 11.9 Å². The van der Waals surface area contributed by atoms with E-state index in [0.717, 1.165) is 32.1 Å². The van der Waals surface area contributed by atoms with Gasteiger partial charge in [0.1, 0.15) is 6.04 Å². The zero-order chi connectivity index (χ0) is 23.0. The fourth-order valence-electron chi connectivity index (χ4n) is 3.61. The summed E-state index contributed by atoms with van der Waals surface area (Å²) < 4.78 is 5.08. The van der Waals surface area contributed by atoms with E-state index in [0.29, 0.717) is 26.0 Å². The molecular weight excluding hydrogens is 388 g/mol. The number of carbonyl (C=O) groups is 2. The number of esters is 1. The van der Waals surface area contributed by atoms with Gasteiger partial charge >= 0.3 is 5.97 Å². The number of nitrogens with two attached hydrogens (primary N) is 1. The molecule has 0 rings (SSSR count). The fourth-order valence-corrected chi connectivity index (χ4v) is 3.61. The number of unbranched alkanes of at least 4 members (excludes halogenated alkanes) is 12. The van der Waals surface area contributed by atoms with Crippen LogP contribution in [-0.2, 0) is 14.3 Å². The molecule has 0 aromatic carbocycles. The first-order valence-electron chi connectivity index (χ1n) is 13.0. The molecule has 1 amide bonds. The molecule has 0 saturated carbocycles. The summed E-state index contributed by atoms with van der Waals surface area (Å²) in [7, 11) is 0. The van der Waals surface area contributed by atoms with Gasteiger partial charge in [-0.2, -0.15) is 0 Å². The summed E-state index contributed by atoms with van der Waals surface area (Å²) in [4.78, 5) is 24.2. The Balaban J connectivity index is 3.68. The van der Waals surface area contributed by atoms with E-state index < -0.39 is 6.04 Å². The topological polar surface area (TPSA) is 81.4 Å². The number of ether oxygens (including phenoxy) is 1. The van der Waals surface area contributed by atoms with E-state index >= 15 is 0 Å². The van der Waals surface area contributed by atoms with Crippen molar-refractivity contribution in [2.24, 2.45) is 5.73 Å². The second-order valence-corrected chi connectivity index (χ2v) is 8.49. The first-order valence-corrected chi connectivity index (χ1v) is 13.0. The average molecular weight is 439 g/mol. The van der Waals surface area contributed by atoms with E-state index in [4.69, 9.17) is 10.5 Å². The average Bonchev–Trinajstić information content (AvgIpc) is 2.76. The summed E-state index contributed by atoms with van der Waals surface area (Å²) in [5.74, 6) is -0.388. The Morgan fingerprint density at radius 2 is 1.39 bits per heavy atom. The van der Waals surface area contributed by atoms with Crippen LogP contribution in [-0.4, -0.2) is 31.1 Å². The van der Waals surface area contributed by atoms with E-state index in [1.165, 1.54) is 64.2 Å². The van der Waals surface area contributed by atoms with Gasteiger partial charge in [-0.25, -0.2) is 4.79 Å². The van der Waals surface area contributed by atoms with E-state index in [2.05, 4.69) is 24.4 Å². The van der Waals surface area contributed by atoms with Crippen LogP contribution in [0.1, 0.15) is 123 Å². The van der Waals surface area contributed by atoms with Gasteiger partial charge in [0.05, 0.1) is 6.61 Å². The SMILES string of the molecule is CCCCCCCC/C=C\CCCCCCCC(=O)NC(CCCCN)C(=O)OCC. The molecule has 0 aromatic heterocycles. The largest absolute Gasteiger partial charge is 0.464 e. The molecule has 5 heteroatoms. The summed E-state index contributed by atoms with van der Waals surface area (Å²) in [6.45, 7) is 4.96. The van der Waals surface area contributed by atoms with Crippen molar-refractivity contribution in [3.8, 4) is 0 Å². The summed E-state index contributed by atoms with van der Waals surface area (Å²) in [6.07, 6.45) is 23.5. The molecule has 0 bridgehead atoms. The van der Waals surface area contributed by atoms with E-state index in [9.17, 15) is 9.59 Å². The minimum Gasteiger partial charge on any atom is -0.464 e. The molecule has 1 unspecified atom stereocenters. The van der Waals surface area contributed by atoms with Crippen molar-refractivity contribution in [3.63, 3.8) is 0 Å². The number of hydrogen-bond donors (Lipinski definition) is 2. The molecule has 3 N–H and O–H groups in total. The van der Waals surface area contributed by atoms with Crippen LogP contribution >= 0.6 is 0 Å². The lowest BCUT2D eigenvalue weighted by molar-refractivity contribution is -0.147. The van der Waals surface area contributed by atoms with Crippen LogP contribution < -0.4 is 11.1 Å². The molecule has 1 atom stereocenters. The zero-order valence-electron chi connectivity index (χ0n) is 20.5. The van der Waals surface area contributed by atoms with Crippen LogP contribution in [0.15, 0.2) is 12.2 Å². The van der Waals surface area contributed by atoms with Crippen LogP contribution in [0.2, 0.25) is 0 Å². The predicted molar refractivity (Wildman–Crippen MR) is 131 cm³/mol. The lowest BCUT2D eigenvalue weighted by atomic mass is 10.1. The third-order valence-corrected chi connectivity index (χ3v) is 5.52. The van der Waals surface area contributed by atoms with Crippen LogP contribution in [0.25, 0.3) is 0 Å². The van der Waals surface area contributed by atoms with Gasteiger partial charge in [-0.3, -0.25) is 4.79 Å². The highest BCUT2D eigenvalue weighted by Gasteiger charge is 2.21. The summed E-state index contributed by atoms with van der Waals surface area (Å²) >= 11 is 0. The van der Waals surface area contributed by atoms with Crippen molar-refractivity contribution < 1.29 is 14.3 Å². The Kier molecular flexibility index (Phi) is 22.3. The molecule has 0 aliphatic rings. The molecule has 5 nitrogen and oxygen atoms in total. The van der Waals surface area contributed by atoms with Crippen molar-refractivity contribution in [2.45, 2.75) is 129 Å². The van der Waals surface area contributed by atoms with Gasteiger partial charge in [0.25, 0.3) is 0 Å². The molecule has 182 valence electrons. The summed E-state index contributed by atoms with van der Waals surface area (Å²) in [6, 6.07) is -0.540. The molecule has 0 aliphatic heterocycles. The van der Waals surface area contributed by atoms with Crippen LogP contribution in [0.3, 0.4) is 0 Å². The van der Waals surface area contributed by atoms with Gasteiger partial charge in [-0.1, -0.05) is 70.4 Å². The van der Waals surface area contributed by atoms with Crippen molar-refractivity contribution in [1.29, 1.82) is 0 Å². The standard InChI is InChI=1S/C26H50N2O3/c1-3-5-6-7-8-9-10-11-12-13-14-15-16-17-18-22-25(29)28-24(21-19-20-23-27)26(30)31-4-2/h11-12,24H,3-10,13-23,27H2,1-2H3,(H,28,29)/b12-11-. The number of hydrogen-bond acceptors (Lipinski definition) is 4. The highest BCUT2D eigenvalue weighted by Crippen LogP contribution is 2.10. The number of carbonyl (C=O) groups excluding carboxylic acids is 2. The first kappa shape index (κ1) is 29.6. The number of amides is 1. The highest BCUT2D eigenvalue weighted by molar-refractivity contribution is 5.84. The third kappa shape index (κ3) is 20.3. The smallest absolute Gasteiger partial charge is 0.328 e. The molecule has 0 fully saturated rings. The molecular formula is C26H50N2O3. The monoisotopic (exact) mass is 438 g/mol. The third-order valence-electron chi connectivity index (χ3n) is 5.52. The Morgan fingerprint density at radius 3 is 1.97 bits per heavy atom. The second-order valence-electron chi connectivity index (χ2n) is 8.49. The first-order chi connectivity index (χ1) is 15.2. The van der Waals surface area contributed by atoms with Crippen molar-refractivity contribution in [2.75, 3.05) is 13.2 Å². The molecule has 0 aliphatic carbocycles. The van der Waals surface area contributed by atoms with Gasteiger partial charge in [0.2, 0.25) is 5.91 Å². The Hall–Kier alpha value is -1.36. The number of allylic oxidation sites excluding steroid dienone is 2. The maximum Gasteiger partial charge on any atom is 0.328 e. The van der Waals surface area contributed by atoms with E-state index in [1.807, 2.05) is 0 Å². The van der Waals surface area contributed by atoms with Crippen molar-refractivity contribution in [1.82, 2.24) is 5.32 Å². The maximum absolute atomic E-state index is 12.2. The van der Waals surface area contributed by atoms with Crippen LogP contribution in [0, 0.1) is 0 Å². The van der Waals surface area contributed by atoms with Crippen molar-refractivity contribution in [3.05, 3.63) is 12.2 Å². The minimum absolute atomic E-state index is 0.0524. The zero-order valence-corrected chi connectivity index (χ0v) is 20.5. The van der Waals surface area contributed by atoms with Gasteiger partial charge in [0, 0.05) is 6.42 Å². The van der Waals surface area contributed by atoms with Gasteiger partial charge < -0.3 is 15.8 Å². The van der Waals surface area contributed by atoms with Crippen LogP contribution in [0.4, 0.5) is 0 Å².